The highest BCUT2D eigenvalue weighted by Gasteiger charge is 2.30. The third-order valence-electron chi connectivity index (χ3n) is 3.63. The highest BCUT2D eigenvalue weighted by molar-refractivity contribution is 9.10. The van der Waals surface area contributed by atoms with Crippen LogP contribution in [-0.4, -0.2) is 11.0 Å². The van der Waals surface area contributed by atoms with Crippen LogP contribution in [0.5, 0.6) is 0 Å². The molecular formula is C18H10BrF3NO2S-. The van der Waals surface area contributed by atoms with E-state index in [4.69, 9.17) is 0 Å². The normalized spacial score (nSPS) is 11.5. The Morgan fingerprint density at radius 1 is 1.08 bits per heavy atom. The third kappa shape index (κ3) is 4.13. The number of aromatic nitrogens is 1. The second-order valence-corrected chi connectivity index (χ2v) is 7.38. The van der Waals surface area contributed by atoms with Crippen LogP contribution in [0.3, 0.4) is 0 Å². The lowest BCUT2D eigenvalue weighted by Gasteiger charge is -2.06. The molecule has 3 nitrogen and oxygen atoms in total. The Hall–Kier alpha value is -2.19. The molecule has 3 rings (SSSR count). The Bertz CT molecular complexity index is 935. The van der Waals surface area contributed by atoms with Crippen molar-refractivity contribution in [3.63, 3.8) is 0 Å². The summed E-state index contributed by atoms with van der Waals surface area (Å²) in [6.07, 6.45) is -4.14. The number of carbonyl (C=O) groups is 1. The molecular weight excluding hydrogens is 431 g/mol. The maximum atomic E-state index is 12.7. The van der Waals surface area contributed by atoms with Crippen LogP contribution in [0.1, 0.15) is 26.5 Å². The fraction of sp³-hybridized carbons (Fsp3) is 0.111. The lowest BCUT2D eigenvalue weighted by atomic mass is 10.1. The number of alkyl halides is 3. The monoisotopic (exact) mass is 440 g/mol. The molecule has 0 amide bonds. The van der Waals surface area contributed by atoms with Gasteiger partial charge >= 0.3 is 6.18 Å². The molecule has 0 saturated carbocycles. The summed E-state index contributed by atoms with van der Waals surface area (Å²) in [5, 5.41) is 11.7. The molecule has 1 heterocycles. The zero-order chi connectivity index (χ0) is 18.9. The maximum Gasteiger partial charge on any atom is 0.416 e. The molecule has 2 aromatic carbocycles. The highest BCUT2D eigenvalue weighted by atomic mass is 79.9. The molecule has 0 aliphatic heterocycles. The van der Waals surface area contributed by atoms with E-state index < -0.39 is 17.7 Å². The van der Waals surface area contributed by atoms with E-state index in [1.165, 1.54) is 12.1 Å². The number of halogens is 4. The molecule has 1 aromatic heterocycles. The van der Waals surface area contributed by atoms with Crippen molar-refractivity contribution in [1.29, 1.82) is 0 Å². The number of carbonyl (C=O) groups excluding carboxylic acids is 1. The number of aromatic carboxylic acids is 1. The van der Waals surface area contributed by atoms with Crippen molar-refractivity contribution < 1.29 is 23.1 Å². The minimum atomic E-state index is -4.43. The van der Waals surface area contributed by atoms with Gasteiger partial charge in [-0.15, -0.1) is 11.3 Å². The van der Waals surface area contributed by atoms with Crippen LogP contribution in [0.15, 0.2) is 53.0 Å². The molecule has 26 heavy (non-hydrogen) atoms. The molecule has 0 saturated heterocycles. The predicted octanol–water partition coefficient (Wildman–Crippen LogP) is 4.55. The average Bonchev–Trinajstić information content (AvgIpc) is 3.00. The molecule has 0 radical (unpaired) electrons. The van der Waals surface area contributed by atoms with Crippen molar-refractivity contribution in [2.24, 2.45) is 0 Å². The summed E-state index contributed by atoms with van der Waals surface area (Å²) in [5.41, 5.74) is 0.841. The summed E-state index contributed by atoms with van der Waals surface area (Å²) in [6.45, 7) is 0. The molecule has 134 valence electrons. The molecule has 8 heteroatoms. The Morgan fingerprint density at radius 2 is 1.69 bits per heavy atom. The van der Waals surface area contributed by atoms with Crippen molar-refractivity contribution in [3.8, 4) is 10.6 Å². The van der Waals surface area contributed by atoms with Crippen molar-refractivity contribution in [2.45, 2.75) is 12.6 Å². The molecule has 0 unspecified atom stereocenters. The van der Waals surface area contributed by atoms with Gasteiger partial charge < -0.3 is 9.90 Å². The van der Waals surface area contributed by atoms with Gasteiger partial charge in [0.05, 0.1) is 22.1 Å². The zero-order valence-corrected chi connectivity index (χ0v) is 15.4. The number of rotatable bonds is 4. The highest BCUT2D eigenvalue weighted by Crippen LogP contribution is 2.33. The first-order chi connectivity index (χ1) is 12.2. The molecule has 0 spiro atoms. The van der Waals surface area contributed by atoms with E-state index in [1.54, 1.807) is 0 Å². The van der Waals surface area contributed by atoms with E-state index in [1.807, 2.05) is 24.3 Å². The van der Waals surface area contributed by atoms with E-state index in [2.05, 4.69) is 20.9 Å². The summed E-state index contributed by atoms with van der Waals surface area (Å²) < 4.78 is 38.9. The van der Waals surface area contributed by atoms with Crippen LogP contribution >= 0.6 is 27.3 Å². The summed E-state index contributed by atoms with van der Waals surface area (Å²) in [6, 6.07) is 11.8. The molecule has 3 aromatic rings. The molecule has 0 aliphatic carbocycles. The molecule has 0 fully saturated rings. The SMILES string of the molecule is O=C([O-])c1sc(-c2ccc(C(F)(F)F)cc2)nc1Cc1ccc(Br)cc1. The fourth-order valence-corrected chi connectivity index (χ4v) is 3.54. The summed E-state index contributed by atoms with van der Waals surface area (Å²) >= 11 is 4.22. The number of hydrogen-bond donors (Lipinski definition) is 0. The summed E-state index contributed by atoms with van der Waals surface area (Å²) in [4.78, 5) is 15.7. The quantitative estimate of drug-likeness (QED) is 0.597. The smallest absolute Gasteiger partial charge is 0.416 e. The van der Waals surface area contributed by atoms with Crippen molar-refractivity contribution in [2.75, 3.05) is 0 Å². The van der Waals surface area contributed by atoms with Gasteiger partial charge in [-0.25, -0.2) is 4.98 Å². The van der Waals surface area contributed by atoms with E-state index in [0.717, 1.165) is 33.5 Å². The van der Waals surface area contributed by atoms with Crippen molar-refractivity contribution in [3.05, 3.63) is 74.7 Å². The Balaban J connectivity index is 1.94. The lowest BCUT2D eigenvalue weighted by Crippen LogP contribution is -2.22. The Labute approximate surface area is 159 Å². The standard InChI is InChI=1S/C18H11BrF3NO2S/c19-13-7-1-10(2-8-13)9-14-15(17(24)25)26-16(23-14)11-3-5-12(6-4-11)18(20,21)22/h1-8H,9H2,(H,24,25)/p-1. The summed E-state index contributed by atoms with van der Waals surface area (Å²) in [5.74, 6) is -1.35. The van der Waals surface area contributed by atoms with Crippen molar-refractivity contribution >= 4 is 33.2 Å². The summed E-state index contributed by atoms with van der Waals surface area (Å²) in [7, 11) is 0. The second-order valence-electron chi connectivity index (χ2n) is 5.46. The van der Waals surface area contributed by atoms with Crippen molar-refractivity contribution in [1.82, 2.24) is 4.98 Å². The minimum absolute atomic E-state index is 0.0252. The largest absolute Gasteiger partial charge is 0.544 e. The molecule has 0 bridgehead atoms. The fourth-order valence-electron chi connectivity index (χ4n) is 2.35. The zero-order valence-electron chi connectivity index (χ0n) is 13.0. The van der Waals surface area contributed by atoms with Crippen LogP contribution in [0.25, 0.3) is 10.6 Å². The van der Waals surface area contributed by atoms with E-state index in [0.29, 0.717) is 16.3 Å². The van der Waals surface area contributed by atoms with E-state index in [-0.39, 0.29) is 11.3 Å². The topological polar surface area (TPSA) is 53.0 Å². The van der Waals surface area contributed by atoms with Gasteiger partial charge in [0.25, 0.3) is 0 Å². The first-order valence-corrected chi connectivity index (χ1v) is 8.98. The maximum absolute atomic E-state index is 12.7. The number of hydrogen-bond acceptors (Lipinski definition) is 4. The van der Waals surface area contributed by atoms with Gasteiger partial charge in [-0.2, -0.15) is 13.2 Å². The minimum Gasteiger partial charge on any atom is -0.544 e. The predicted molar refractivity (Wildman–Crippen MR) is 93.8 cm³/mol. The number of benzene rings is 2. The lowest BCUT2D eigenvalue weighted by molar-refractivity contribution is -0.254. The van der Waals surface area contributed by atoms with Gasteiger partial charge in [-0.05, 0) is 29.8 Å². The molecule has 0 N–H and O–H groups in total. The number of nitrogens with zero attached hydrogens (tertiary/aromatic N) is 1. The Kier molecular flexibility index (Phi) is 5.15. The first kappa shape index (κ1) is 18.6. The van der Waals surface area contributed by atoms with Gasteiger partial charge in [0.15, 0.2) is 0 Å². The van der Waals surface area contributed by atoms with Crippen LogP contribution in [0.4, 0.5) is 13.2 Å². The average molecular weight is 441 g/mol. The van der Waals surface area contributed by atoms with Gasteiger partial charge in [-0.3, -0.25) is 0 Å². The van der Waals surface area contributed by atoms with Crippen LogP contribution < -0.4 is 5.11 Å². The number of carboxylic acid groups (broad SMARTS) is 1. The van der Waals surface area contributed by atoms with E-state index >= 15 is 0 Å². The third-order valence-corrected chi connectivity index (χ3v) is 5.28. The van der Waals surface area contributed by atoms with Gasteiger partial charge in [0.1, 0.15) is 5.01 Å². The second kappa shape index (κ2) is 7.20. The van der Waals surface area contributed by atoms with Gasteiger partial charge in [0.2, 0.25) is 0 Å². The Morgan fingerprint density at radius 3 is 2.23 bits per heavy atom. The van der Waals surface area contributed by atoms with Gasteiger partial charge in [0, 0.05) is 16.5 Å². The van der Waals surface area contributed by atoms with Crippen LogP contribution in [0, 0.1) is 0 Å². The van der Waals surface area contributed by atoms with Gasteiger partial charge in [-0.1, -0.05) is 40.2 Å². The van der Waals surface area contributed by atoms with E-state index in [9.17, 15) is 23.1 Å². The molecule has 0 atom stereocenters. The van der Waals surface area contributed by atoms with Crippen LogP contribution in [-0.2, 0) is 12.6 Å². The number of carboxylic acids is 1. The number of thiazole rings is 1. The first-order valence-electron chi connectivity index (χ1n) is 7.37. The van der Waals surface area contributed by atoms with Crippen LogP contribution in [0.2, 0.25) is 0 Å². The molecule has 0 aliphatic rings.